The summed E-state index contributed by atoms with van der Waals surface area (Å²) in [4.78, 5) is 0. The molecule has 0 aliphatic rings. The number of hydrogen-bond acceptors (Lipinski definition) is 1. The van der Waals surface area contributed by atoms with Gasteiger partial charge in [-0.05, 0) is 60.7 Å². The zero-order chi connectivity index (χ0) is 18.7. The Kier molecular flexibility index (Phi) is 5.18. The maximum Gasteiger partial charge on any atom is 0.120 e. The van der Waals surface area contributed by atoms with Gasteiger partial charge in [-0.1, -0.05) is 74.0 Å². The van der Waals surface area contributed by atoms with Gasteiger partial charge in [0, 0.05) is 5.41 Å². The fraction of sp³-hybridized carbons (Fsp3) is 0.280. The van der Waals surface area contributed by atoms with Crippen molar-refractivity contribution in [3.8, 4) is 5.75 Å². The van der Waals surface area contributed by atoms with E-state index in [4.69, 9.17) is 4.74 Å². The van der Waals surface area contributed by atoms with Gasteiger partial charge in [0.05, 0.1) is 0 Å². The van der Waals surface area contributed by atoms with E-state index in [2.05, 4.69) is 95.3 Å². The molecule has 3 aromatic rings. The molecule has 0 N–H and O–H groups in total. The lowest BCUT2D eigenvalue weighted by atomic mass is 9.78. The van der Waals surface area contributed by atoms with Gasteiger partial charge in [0.15, 0.2) is 0 Å². The van der Waals surface area contributed by atoms with Crippen molar-refractivity contribution < 1.29 is 4.74 Å². The van der Waals surface area contributed by atoms with Crippen LogP contribution in [0.25, 0.3) is 0 Å². The van der Waals surface area contributed by atoms with Crippen LogP contribution in [0.2, 0.25) is 0 Å². The number of ether oxygens (including phenoxy) is 1. The predicted octanol–water partition coefficient (Wildman–Crippen LogP) is 6.52. The summed E-state index contributed by atoms with van der Waals surface area (Å²) in [6.45, 7) is 11.5. The molecular weight excluding hydrogens is 316 g/mol. The van der Waals surface area contributed by atoms with E-state index in [1.54, 1.807) is 0 Å². The van der Waals surface area contributed by atoms with Crippen LogP contribution in [-0.4, -0.2) is 0 Å². The highest BCUT2D eigenvalue weighted by atomic mass is 16.5. The van der Waals surface area contributed by atoms with Crippen LogP contribution in [0.5, 0.6) is 5.75 Å². The molecule has 1 nitrogen and oxygen atoms in total. The van der Waals surface area contributed by atoms with Crippen molar-refractivity contribution in [2.24, 2.45) is 0 Å². The van der Waals surface area contributed by atoms with E-state index in [0.717, 1.165) is 5.75 Å². The minimum absolute atomic E-state index is 0.0127. The van der Waals surface area contributed by atoms with Crippen molar-refractivity contribution in [2.75, 3.05) is 0 Å². The van der Waals surface area contributed by atoms with Crippen LogP contribution in [0.15, 0.2) is 66.7 Å². The monoisotopic (exact) mass is 344 g/mol. The summed E-state index contributed by atoms with van der Waals surface area (Å²) in [7, 11) is 0. The van der Waals surface area contributed by atoms with Gasteiger partial charge < -0.3 is 4.74 Å². The van der Waals surface area contributed by atoms with Crippen molar-refractivity contribution in [1.29, 1.82) is 0 Å². The van der Waals surface area contributed by atoms with Gasteiger partial charge in [-0.25, -0.2) is 0 Å². The molecule has 0 bridgehead atoms. The molecule has 1 heteroatoms. The minimum Gasteiger partial charge on any atom is -0.489 e. The molecule has 3 rings (SSSR count). The Bertz CT molecular complexity index is 871. The highest BCUT2D eigenvalue weighted by Gasteiger charge is 2.22. The van der Waals surface area contributed by atoms with Crippen molar-refractivity contribution in [1.82, 2.24) is 0 Å². The lowest BCUT2D eigenvalue weighted by Crippen LogP contribution is -2.18. The number of benzene rings is 3. The maximum absolute atomic E-state index is 5.95. The first-order valence-electron chi connectivity index (χ1n) is 9.23. The summed E-state index contributed by atoms with van der Waals surface area (Å²) in [6, 6.07) is 23.9. The Morgan fingerprint density at radius 3 is 1.85 bits per heavy atom. The van der Waals surface area contributed by atoms with Crippen LogP contribution >= 0.6 is 0 Å². The first-order valence-corrected chi connectivity index (χ1v) is 9.23. The van der Waals surface area contributed by atoms with Crippen LogP contribution in [0.1, 0.15) is 47.2 Å². The Balaban J connectivity index is 1.71. The summed E-state index contributed by atoms with van der Waals surface area (Å²) >= 11 is 0. The SMILES string of the molecule is Cc1ccc(C(C)(C)c2ccc(COc3ccc(C)c(C)c3)cc2)cc1. The summed E-state index contributed by atoms with van der Waals surface area (Å²) in [5.74, 6) is 0.928. The van der Waals surface area contributed by atoms with Crippen LogP contribution in [0.3, 0.4) is 0 Å². The first kappa shape index (κ1) is 18.3. The van der Waals surface area contributed by atoms with Crippen LogP contribution in [-0.2, 0) is 12.0 Å². The third-order valence-corrected chi connectivity index (χ3v) is 5.33. The van der Waals surface area contributed by atoms with E-state index < -0.39 is 0 Å². The Labute approximate surface area is 157 Å². The smallest absolute Gasteiger partial charge is 0.120 e. The molecule has 0 aliphatic heterocycles. The summed E-state index contributed by atoms with van der Waals surface area (Å²) in [5, 5.41) is 0. The number of hydrogen-bond donors (Lipinski definition) is 0. The van der Waals surface area contributed by atoms with Gasteiger partial charge >= 0.3 is 0 Å². The van der Waals surface area contributed by atoms with Crippen molar-refractivity contribution in [2.45, 2.75) is 46.6 Å². The average Bonchev–Trinajstić information content (AvgIpc) is 2.63. The van der Waals surface area contributed by atoms with Crippen molar-refractivity contribution in [3.05, 3.63) is 100 Å². The quantitative estimate of drug-likeness (QED) is 0.512. The molecule has 0 unspecified atom stereocenters. The molecule has 0 fully saturated rings. The lowest BCUT2D eigenvalue weighted by Gasteiger charge is -2.26. The van der Waals surface area contributed by atoms with Gasteiger partial charge in [0.1, 0.15) is 12.4 Å². The highest BCUT2D eigenvalue weighted by molar-refractivity contribution is 5.40. The fourth-order valence-electron chi connectivity index (χ4n) is 3.12. The normalized spacial score (nSPS) is 11.4. The second kappa shape index (κ2) is 7.37. The Morgan fingerprint density at radius 1 is 0.692 bits per heavy atom. The van der Waals surface area contributed by atoms with Gasteiger partial charge in [0.2, 0.25) is 0 Å². The third-order valence-electron chi connectivity index (χ3n) is 5.33. The summed E-state index contributed by atoms with van der Waals surface area (Å²) < 4.78 is 5.95. The predicted molar refractivity (Wildman–Crippen MR) is 110 cm³/mol. The Hall–Kier alpha value is -2.54. The molecule has 0 amide bonds. The molecule has 0 atom stereocenters. The van der Waals surface area contributed by atoms with E-state index in [1.807, 2.05) is 6.07 Å². The largest absolute Gasteiger partial charge is 0.489 e. The fourth-order valence-corrected chi connectivity index (χ4v) is 3.12. The molecule has 0 heterocycles. The first-order chi connectivity index (χ1) is 12.4. The van der Waals surface area contributed by atoms with Crippen LogP contribution in [0.4, 0.5) is 0 Å². The standard InChI is InChI=1S/C25H28O/c1-18-6-11-22(12-7-18)25(4,5)23-13-9-21(10-14-23)17-26-24-15-8-19(2)20(3)16-24/h6-16H,17H2,1-5H3. The van der Waals surface area contributed by atoms with Crippen LogP contribution in [0, 0.1) is 20.8 Å². The zero-order valence-corrected chi connectivity index (χ0v) is 16.5. The van der Waals surface area contributed by atoms with Gasteiger partial charge in [0.25, 0.3) is 0 Å². The summed E-state index contributed by atoms with van der Waals surface area (Å²) in [5.41, 5.74) is 7.67. The molecule has 3 aromatic carbocycles. The van der Waals surface area contributed by atoms with Crippen molar-refractivity contribution in [3.63, 3.8) is 0 Å². The maximum atomic E-state index is 5.95. The average molecular weight is 344 g/mol. The van der Waals surface area contributed by atoms with E-state index in [0.29, 0.717) is 6.61 Å². The number of rotatable bonds is 5. The molecule has 0 saturated carbocycles. The third kappa shape index (κ3) is 3.99. The lowest BCUT2D eigenvalue weighted by molar-refractivity contribution is 0.306. The molecule has 0 aliphatic carbocycles. The van der Waals surface area contributed by atoms with Crippen LogP contribution < -0.4 is 4.74 Å². The second-order valence-corrected chi connectivity index (χ2v) is 7.72. The van der Waals surface area contributed by atoms with Gasteiger partial charge in [-0.2, -0.15) is 0 Å². The molecule has 0 spiro atoms. The molecule has 0 saturated heterocycles. The van der Waals surface area contributed by atoms with Gasteiger partial charge in [-0.15, -0.1) is 0 Å². The highest BCUT2D eigenvalue weighted by Crippen LogP contribution is 2.31. The van der Waals surface area contributed by atoms with E-state index >= 15 is 0 Å². The topological polar surface area (TPSA) is 9.23 Å². The van der Waals surface area contributed by atoms with E-state index in [-0.39, 0.29) is 5.41 Å². The number of aryl methyl sites for hydroxylation is 3. The summed E-state index contributed by atoms with van der Waals surface area (Å²) in [6.07, 6.45) is 0. The Morgan fingerprint density at radius 2 is 1.27 bits per heavy atom. The van der Waals surface area contributed by atoms with Crippen molar-refractivity contribution >= 4 is 0 Å². The van der Waals surface area contributed by atoms with E-state index in [9.17, 15) is 0 Å². The second-order valence-electron chi connectivity index (χ2n) is 7.72. The molecule has 0 aromatic heterocycles. The molecule has 26 heavy (non-hydrogen) atoms. The minimum atomic E-state index is -0.0127. The van der Waals surface area contributed by atoms with E-state index in [1.165, 1.54) is 33.4 Å². The molecule has 0 radical (unpaired) electrons. The molecular formula is C25H28O. The zero-order valence-electron chi connectivity index (χ0n) is 16.5. The molecule has 134 valence electrons. The van der Waals surface area contributed by atoms with Gasteiger partial charge in [-0.3, -0.25) is 0 Å².